The molecule has 5 rings (SSSR count). The standard InChI is InChI=1S/C35H56O5/c1-21(2)20-26(36)35(40)19-16-30(6)24(29(35,4)5)13-14-32(8)25(30)11-10-23-27-33(9,39)22(3)12-15-34(27,28(37)38)18-17-31(23,32)7/h10,21-22,24-25,27,39-40H,11-20H2,1-9H3,(H,37,38)/t22-,24?,25-,27-,30+,31-,32-,33-,34+,35-/m1/s1. The number of hydrogen-bond acceptors (Lipinski definition) is 4. The van der Waals surface area contributed by atoms with Crippen LogP contribution in [0.3, 0.4) is 0 Å². The molecular weight excluding hydrogens is 500 g/mol. The molecule has 1 unspecified atom stereocenters. The van der Waals surface area contributed by atoms with Crippen LogP contribution in [0.25, 0.3) is 0 Å². The van der Waals surface area contributed by atoms with E-state index >= 15 is 0 Å². The predicted octanol–water partition coefficient (Wildman–Crippen LogP) is 7.19. The van der Waals surface area contributed by atoms with Crippen molar-refractivity contribution < 1.29 is 24.9 Å². The zero-order chi connectivity index (χ0) is 29.9. The Kier molecular flexibility index (Phi) is 6.74. The summed E-state index contributed by atoms with van der Waals surface area (Å²) in [6.45, 7) is 19.6. The molecule has 0 spiro atoms. The summed E-state index contributed by atoms with van der Waals surface area (Å²) in [6.07, 6.45) is 9.77. The first-order chi connectivity index (χ1) is 18.3. The Morgan fingerprint density at radius 2 is 1.55 bits per heavy atom. The summed E-state index contributed by atoms with van der Waals surface area (Å²) in [5, 5.41) is 34.6. The number of aliphatic carboxylic acids is 1. The van der Waals surface area contributed by atoms with Crippen LogP contribution >= 0.6 is 0 Å². The summed E-state index contributed by atoms with van der Waals surface area (Å²) >= 11 is 0. The SMILES string of the molecule is CC(C)CC(=O)[C@]1(O)CC[C@@]2(C)C(CC[C@]3(C)[C@@H]2CC=C2[C@H]4[C@](C(=O)O)(CC[C@@H](C)[C@@]4(C)O)CC[C@]23C)C1(C)C. The molecule has 4 saturated carbocycles. The minimum Gasteiger partial charge on any atom is -0.481 e. The second-order valence-corrected chi connectivity index (χ2v) is 17.0. The van der Waals surface area contributed by atoms with Crippen molar-refractivity contribution in [3.8, 4) is 0 Å². The molecule has 0 bridgehead atoms. The molecule has 0 amide bonds. The number of ketones is 1. The molecule has 5 heteroatoms. The minimum atomic E-state index is -1.29. The normalized spacial score (nSPS) is 51.5. The van der Waals surface area contributed by atoms with Crippen LogP contribution < -0.4 is 0 Å². The first kappa shape index (κ1) is 30.3. The van der Waals surface area contributed by atoms with E-state index in [1.54, 1.807) is 0 Å². The molecule has 0 radical (unpaired) electrons. The van der Waals surface area contributed by atoms with Crippen molar-refractivity contribution in [3.63, 3.8) is 0 Å². The molecule has 0 heterocycles. The van der Waals surface area contributed by atoms with Gasteiger partial charge in [0.1, 0.15) is 5.60 Å². The predicted molar refractivity (Wildman–Crippen MR) is 157 cm³/mol. The molecule has 5 aliphatic carbocycles. The molecule has 0 aromatic heterocycles. The van der Waals surface area contributed by atoms with Crippen molar-refractivity contribution in [1.82, 2.24) is 0 Å². The lowest BCUT2D eigenvalue weighted by molar-refractivity contribution is -0.236. The van der Waals surface area contributed by atoms with Gasteiger partial charge in [-0.1, -0.05) is 67.0 Å². The van der Waals surface area contributed by atoms with Crippen molar-refractivity contribution in [2.75, 3.05) is 0 Å². The molecule has 3 N–H and O–H groups in total. The average molecular weight is 557 g/mol. The van der Waals surface area contributed by atoms with E-state index in [4.69, 9.17) is 0 Å². The number of carboxylic acids is 1. The Morgan fingerprint density at radius 1 is 0.900 bits per heavy atom. The molecule has 4 fully saturated rings. The van der Waals surface area contributed by atoms with E-state index in [2.05, 4.69) is 47.6 Å². The quantitative estimate of drug-likeness (QED) is 0.319. The van der Waals surface area contributed by atoms with E-state index < -0.39 is 28.0 Å². The number of allylic oxidation sites excluding steroid dienone is 1. The van der Waals surface area contributed by atoms with Gasteiger partial charge in [-0.05, 0) is 105 Å². The maximum absolute atomic E-state index is 13.5. The highest BCUT2D eigenvalue weighted by Gasteiger charge is 2.72. The third-order valence-electron chi connectivity index (χ3n) is 14.8. The third-order valence-corrected chi connectivity index (χ3v) is 14.8. The maximum atomic E-state index is 13.5. The first-order valence-electron chi connectivity index (χ1n) is 16.2. The Hall–Kier alpha value is -1.20. The average Bonchev–Trinajstić information content (AvgIpc) is 2.84. The summed E-state index contributed by atoms with van der Waals surface area (Å²) in [6, 6.07) is 0. The van der Waals surface area contributed by atoms with E-state index in [-0.39, 0.29) is 45.7 Å². The summed E-state index contributed by atoms with van der Waals surface area (Å²) in [4.78, 5) is 26.4. The number of carbonyl (C=O) groups excluding carboxylic acids is 1. The Bertz CT molecular complexity index is 1120. The summed E-state index contributed by atoms with van der Waals surface area (Å²) < 4.78 is 0. The van der Waals surface area contributed by atoms with E-state index in [0.717, 1.165) is 38.5 Å². The first-order valence-corrected chi connectivity index (χ1v) is 16.2. The lowest BCUT2D eigenvalue weighted by Gasteiger charge is -2.72. The van der Waals surface area contributed by atoms with Crippen molar-refractivity contribution >= 4 is 11.8 Å². The summed E-state index contributed by atoms with van der Waals surface area (Å²) in [5.74, 6) is -0.231. The highest BCUT2D eigenvalue weighted by molar-refractivity contribution is 5.88. The Morgan fingerprint density at radius 3 is 2.15 bits per heavy atom. The lowest BCUT2D eigenvalue weighted by Crippen LogP contribution is -2.69. The fraction of sp³-hybridized carbons (Fsp3) is 0.886. The zero-order valence-electron chi connectivity index (χ0n) is 26.7. The molecule has 5 nitrogen and oxygen atoms in total. The number of carboxylic acid groups (broad SMARTS) is 1. The lowest BCUT2D eigenvalue weighted by atomic mass is 9.32. The zero-order valence-corrected chi connectivity index (χ0v) is 26.7. The number of fused-ring (bicyclic) bond motifs is 7. The van der Waals surface area contributed by atoms with Crippen LogP contribution in [0.1, 0.15) is 127 Å². The van der Waals surface area contributed by atoms with Crippen LogP contribution in [-0.2, 0) is 9.59 Å². The van der Waals surface area contributed by atoms with Gasteiger partial charge in [-0.3, -0.25) is 9.59 Å². The second kappa shape index (κ2) is 8.91. The number of Topliss-reactive ketones (excluding diaryl/α,β-unsaturated/α-hetero) is 1. The van der Waals surface area contributed by atoms with Gasteiger partial charge in [0.2, 0.25) is 0 Å². The van der Waals surface area contributed by atoms with Gasteiger partial charge in [0.25, 0.3) is 0 Å². The monoisotopic (exact) mass is 556 g/mol. The van der Waals surface area contributed by atoms with Crippen molar-refractivity contribution in [2.45, 2.75) is 138 Å². The molecule has 5 aliphatic rings. The van der Waals surface area contributed by atoms with Gasteiger partial charge in [0.15, 0.2) is 5.78 Å². The Balaban J connectivity index is 1.58. The molecule has 0 saturated heterocycles. The minimum absolute atomic E-state index is 0.00612. The molecule has 0 aromatic carbocycles. The topological polar surface area (TPSA) is 94.8 Å². The summed E-state index contributed by atoms with van der Waals surface area (Å²) in [7, 11) is 0. The van der Waals surface area contributed by atoms with Crippen LogP contribution in [0.5, 0.6) is 0 Å². The van der Waals surface area contributed by atoms with Gasteiger partial charge in [-0.2, -0.15) is 0 Å². The fourth-order valence-corrected chi connectivity index (χ4v) is 11.9. The van der Waals surface area contributed by atoms with Gasteiger partial charge >= 0.3 is 5.97 Å². The van der Waals surface area contributed by atoms with Crippen LogP contribution in [0.15, 0.2) is 11.6 Å². The van der Waals surface area contributed by atoms with E-state index in [0.29, 0.717) is 31.6 Å². The van der Waals surface area contributed by atoms with Crippen molar-refractivity contribution in [2.24, 2.45) is 56.7 Å². The van der Waals surface area contributed by atoms with Gasteiger partial charge in [0, 0.05) is 17.8 Å². The van der Waals surface area contributed by atoms with Crippen LogP contribution in [-0.4, -0.2) is 38.3 Å². The molecule has 0 aliphatic heterocycles. The third kappa shape index (κ3) is 3.52. The van der Waals surface area contributed by atoms with E-state index in [1.165, 1.54) is 5.57 Å². The van der Waals surface area contributed by atoms with Gasteiger partial charge in [0.05, 0.1) is 11.0 Å². The number of aliphatic hydroxyl groups is 2. The molecule has 10 atom stereocenters. The highest BCUT2D eigenvalue weighted by atomic mass is 16.4. The molecular formula is C35H56O5. The second-order valence-electron chi connectivity index (χ2n) is 17.0. The van der Waals surface area contributed by atoms with Crippen LogP contribution in [0, 0.1) is 56.7 Å². The van der Waals surface area contributed by atoms with Crippen LogP contribution in [0.4, 0.5) is 0 Å². The van der Waals surface area contributed by atoms with Gasteiger partial charge < -0.3 is 15.3 Å². The highest BCUT2D eigenvalue weighted by Crippen LogP contribution is 2.76. The molecule has 226 valence electrons. The number of hydrogen-bond donors (Lipinski definition) is 3. The largest absolute Gasteiger partial charge is 0.481 e. The molecule has 0 aromatic rings. The fourth-order valence-electron chi connectivity index (χ4n) is 11.9. The van der Waals surface area contributed by atoms with Gasteiger partial charge in [-0.15, -0.1) is 0 Å². The van der Waals surface area contributed by atoms with Crippen LogP contribution in [0.2, 0.25) is 0 Å². The van der Waals surface area contributed by atoms with Crippen molar-refractivity contribution in [1.29, 1.82) is 0 Å². The van der Waals surface area contributed by atoms with E-state index in [9.17, 15) is 24.9 Å². The smallest absolute Gasteiger partial charge is 0.310 e. The van der Waals surface area contributed by atoms with Gasteiger partial charge in [-0.25, -0.2) is 0 Å². The van der Waals surface area contributed by atoms with Crippen molar-refractivity contribution in [3.05, 3.63) is 11.6 Å². The van der Waals surface area contributed by atoms with E-state index in [1.807, 2.05) is 20.8 Å². The Labute approximate surface area is 242 Å². The summed E-state index contributed by atoms with van der Waals surface area (Å²) in [5.41, 5.74) is -2.84. The number of carbonyl (C=O) groups is 2. The number of rotatable bonds is 4. The maximum Gasteiger partial charge on any atom is 0.310 e. The molecule has 40 heavy (non-hydrogen) atoms.